The number of hydrogen-bond acceptors (Lipinski definition) is 6. The first-order chi connectivity index (χ1) is 12.5. The maximum Gasteiger partial charge on any atom is 0.276 e. The molecule has 0 N–H and O–H groups in total. The summed E-state index contributed by atoms with van der Waals surface area (Å²) in [6.45, 7) is 2.16. The summed E-state index contributed by atoms with van der Waals surface area (Å²) in [5.74, 6) is 3.38. The van der Waals surface area contributed by atoms with Crippen LogP contribution in [-0.2, 0) is 13.6 Å². The molecule has 1 saturated carbocycles. The molecule has 0 spiro atoms. The van der Waals surface area contributed by atoms with Crippen molar-refractivity contribution in [3.05, 3.63) is 29.2 Å². The van der Waals surface area contributed by atoms with Gasteiger partial charge in [-0.15, -0.1) is 10.2 Å². The fourth-order valence-corrected chi connectivity index (χ4v) is 3.64. The van der Waals surface area contributed by atoms with E-state index in [0.29, 0.717) is 18.2 Å². The predicted molar refractivity (Wildman–Crippen MR) is 94.8 cm³/mol. The second-order valence-electron chi connectivity index (χ2n) is 7.75. The lowest BCUT2D eigenvalue weighted by Gasteiger charge is -2.31. The summed E-state index contributed by atoms with van der Waals surface area (Å²) < 4.78 is 7.41. The molecule has 4 rings (SSSR count). The molecular formula is C18H26N6O2. The Labute approximate surface area is 153 Å². The van der Waals surface area contributed by atoms with E-state index < -0.39 is 0 Å². The lowest BCUT2D eigenvalue weighted by Crippen LogP contribution is -2.40. The van der Waals surface area contributed by atoms with Crippen LogP contribution >= 0.6 is 0 Å². The number of nitrogens with zero attached hydrogens (tertiary/aromatic N) is 6. The molecule has 2 aliphatic rings. The topological polar surface area (TPSA) is 80.3 Å². The van der Waals surface area contributed by atoms with Crippen LogP contribution in [0.2, 0.25) is 0 Å². The molecule has 1 saturated heterocycles. The van der Waals surface area contributed by atoms with Crippen LogP contribution in [0.1, 0.15) is 65.4 Å². The highest BCUT2D eigenvalue weighted by Gasteiger charge is 2.32. The number of rotatable bonds is 5. The average Bonchev–Trinajstić information content (AvgIpc) is 3.26. The van der Waals surface area contributed by atoms with Gasteiger partial charge >= 0.3 is 0 Å². The summed E-state index contributed by atoms with van der Waals surface area (Å²) >= 11 is 0. The summed E-state index contributed by atoms with van der Waals surface area (Å²) in [4.78, 5) is 16.8. The van der Waals surface area contributed by atoms with Crippen molar-refractivity contribution in [3.8, 4) is 0 Å². The molecule has 1 aliphatic carbocycles. The molecule has 0 unspecified atom stereocenters. The van der Waals surface area contributed by atoms with Crippen molar-refractivity contribution >= 4 is 5.91 Å². The van der Waals surface area contributed by atoms with Gasteiger partial charge in [-0.1, -0.05) is 5.16 Å². The maximum atomic E-state index is 12.8. The fourth-order valence-electron chi connectivity index (χ4n) is 3.64. The molecule has 2 aromatic rings. The molecule has 0 aromatic carbocycles. The van der Waals surface area contributed by atoms with Crippen LogP contribution in [0.3, 0.4) is 0 Å². The Morgan fingerprint density at radius 1 is 1.27 bits per heavy atom. The molecule has 8 nitrogen and oxygen atoms in total. The molecule has 1 atom stereocenters. The van der Waals surface area contributed by atoms with E-state index in [0.717, 1.165) is 56.2 Å². The first-order valence-electron chi connectivity index (χ1n) is 9.31. The minimum absolute atomic E-state index is 0.0407. The Balaban J connectivity index is 1.46. The van der Waals surface area contributed by atoms with Crippen LogP contribution in [0, 0.1) is 0 Å². The zero-order chi connectivity index (χ0) is 18.3. The van der Waals surface area contributed by atoms with Gasteiger partial charge in [-0.2, -0.15) is 0 Å². The van der Waals surface area contributed by atoms with Gasteiger partial charge in [0.2, 0.25) is 0 Å². The SMILES string of the molecule is CN(C)Cc1nnc([C@@H]2CCCN(C(=O)c3cc(C4CC4)on3)C2)n1C. The third-order valence-electron chi connectivity index (χ3n) is 5.26. The smallest absolute Gasteiger partial charge is 0.276 e. The van der Waals surface area contributed by atoms with Gasteiger partial charge in [0.1, 0.15) is 17.4 Å². The molecule has 0 bridgehead atoms. The number of carbonyl (C=O) groups is 1. The molecule has 140 valence electrons. The van der Waals surface area contributed by atoms with E-state index in [1.54, 1.807) is 0 Å². The minimum atomic E-state index is -0.0407. The first kappa shape index (κ1) is 17.2. The van der Waals surface area contributed by atoms with Crippen LogP contribution < -0.4 is 0 Å². The Morgan fingerprint density at radius 2 is 2.08 bits per heavy atom. The van der Waals surface area contributed by atoms with Crippen molar-refractivity contribution in [2.24, 2.45) is 7.05 Å². The number of hydrogen-bond donors (Lipinski definition) is 0. The van der Waals surface area contributed by atoms with E-state index in [-0.39, 0.29) is 11.8 Å². The lowest BCUT2D eigenvalue weighted by molar-refractivity contribution is 0.0693. The van der Waals surface area contributed by atoms with Crippen molar-refractivity contribution < 1.29 is 9.32 Å². The van der Waals surface area contributed by atoms with Crippen molar-refractivity contribution in [2.45, 2.75) is 44.1 Å². The maximum absolute atomic E-state index is 12.8. The molecule has 8 heteroatoms. The molecule has 1 amide bonds. The number of carbonyl (C=O) groups excluding carboxylic acids is 1. The van der Waals surface area contributed by atoms with Gasteiger partial charge in [0.25, 0.3) is 5.91 Å². The van der Waals surface area contributed by atoms with Crippen LogP contribution in [0.4, 0.5) is 0 Å². The van der Waals surface area contributed by atoms with Gasteiger partial charge in [-0.3, -0.25) is 4.79 Å². The number of amides is 1. The fraction of sp³-hybridized carbons (Fsp3) is 0.667. The number of likely N-dealkylation sites (tertiary alicyclic amines) is 1. The number of aromatic nitrogens is 4. The average molecular weight is 358 g/mol. The Morgan fingerprint density at radius 3 is 2.81 bits per heavy atom. The lowest BCUT2D eigenvalue weighted by atomic mass is 9.97. The predicted octanol–water partition coefficient (Wildman–Crippen LogP) is 1.76. The Bertz CT molecular complexity index is 791. The van der Waals surface area contributed by atoms with Crippen molar-refractivity contribution in [1.82, 2.24) is 29.7 Å². The summed E-state index contributed by atoms with van der Waals surface area (Å²) in [6.07, 6.45) is 4.25. The molecule has 1 aliphatic heterocycles. The largest absolute Gasteiger partial charge is 0.360 e. The molecular weight excluding hydrogens is 332 g/mol. The van der Waals surface area contributed by atoms with E-state index in [1.165, 1.54) is 0 Å². The van der Waals surface area contributed by atoms with E-state index in [4.69, 9.17) is 4.52 Å². The van der Waals surface area contributed by atoms with Gasteiger partial charge in [0.15, 0.2) is 5.69 Å². The normalized spacial score (nSPS) is 20.8. The molecule has 2 aromatic heterocycles. The van der Waals surface area contributed by atoms with Gasteiger partial charge in [-0.05, 0) is 39.8 Å². The molecule has 3 heterocycles. The Hall–Kier alpha value is -2.22. The van der Waals surface area contributed by atoms with Gasteiger partial charge < -0.3 is 18.9 Å². The zero-order valence-corrected chi connectivity index (χ0v) is 15.7. The van der Waals surface area contributed by atoms with Crippen molar-refractivity contribution in [3.63, 3.8) is 0 Å². The van der Waals surface area contributed by atoms with E-state index in [9.17, 15) is 4.79 Å². The van der Waals surface area contributed by atoms with Gasteiger partial charge in [0.05, 0.1) is 6.54 Å². The van der Waals surface area contributed by atoms with Crippen molar-refractivity contribution in [1.29, 1.82) is 0 Å². The summed E-state index contributed by atoms with van der Waals surface area (Å²) in [5.41, 5.74) is 0.429. The first-order valence-corrected chi connectivity index (χ1v) is 9.31. The van der Waals surface area contributed by atoms with E-state index >= 15 is 0 Å². The third kappa shape index (κ3) is 3.38. The van der Waals surface area contributed by atoms with Gasteiger partial charge in [0, 0.05) is 38.0 Å². The van der Waals surface area contributed by atoms with E-state index in [2.05, 4.69) is 24.8 Å². The number of piperidine rings is 1. The monoisotopic (exact) mass is 358 g/mol. The second kappa shape index (κ2) is 6.83. The van der Waals surface area contributed by atoms with Crippen LogP contribution in [0.15, 0.2) is 10.6 Å². The Kier molecular flexibility index (Phi) is 4.52. The van der Waals surface area contributed by atoms with E-state index in [1.807, 2.05) is 32.1 Å². The zero-order valence-electron chi connectivity index (χ0n) is 15.7. The molecule has 26 heavy (non-hydrogen) atoms. The van der Waals surface area contributed by atoms with Crippen LogP contribution in [0.5, 0.6) is 0 Å². The summed E-state index contributed by atoms with van der Waals surface area (Å²) in [6, 6.07) is 1.82. The third-order valence-corrected chi connectivity index (χ3v) is 5.26. The highest BCUT2D eigenvalue weighted by atomic mass is 16.5. The standard InChI is InChI=1S/C18H26N6O2/c1-22(2)11-16-19-20-17(23(16)3)13-5-4-8-24(10-13)18(25)14-9-15(26-21-14)12-6-7-12/h9,12-13H,4-8,10-11H2,1-3H3/t13-/m1/s1. The quantitative estimate of drug-likeness (QED) is 0.810. The summed E-state index contributed by atoms with van der Waals surface area (Å²) in [7, 11) is 6.04. The van der Waals surface area contributed by atoms with Gasteiger partial charge in [-0.25, -0.2) is 0 Å². The molecule has 2 fully saturated rings. The second-order valence-corrected chi connectivity index (χ2v) is 7.75. The summed E-state index contributed by atoms with van der Waals surface area (Å²) in [5, 5.41) is 12.7. The van der Waals surface area contributed by atoms with Crippen molar-refractivity contribution in [2.75, 3.05) is 27.2 Å². The highest BCUT2D eigenvalue weighted by molar-refractivity contribution is 5.92. The van der Waals surface area contributed by atoms with Crippen LogP contribution in [-0.4, -0.2) is 62.8 Å². The molecule has 0 radical (unpaired) electrons. The van der Waals surface area contributed by atoms with Crippen LogP contribution in [0.25, 0.3) is 0 Å². The minimum Gasteiger partial charge on any atom is -0.360 e. The highest BCUT2D eigenvalue weighted by Crippen LogP contribution is 2.40.